The summed E-state index contributed by atoms with van der Waals surface area (Å²) in [7, 11) is 0. The molecule has 3 rings (SSSR count). The van der Waals surface area contributed by atoms with E-state index >= 15 is 0 Å². The highest BCUT2D eigenvalue weighted by Gasteiger charge is 1.89. The number of hydrogen-bond donors (Lipinski definition) is 1. The molecule has 0 radical (unpaired) electrons. The van der Waals surface area contributed by atoms with Crippen molar-refractivity contribution >= 4 is 24.3 Å². The Kier molecular flexibility index (Phi) is 10.1. The van der Waals surface area contributed by atoms with Crippen LogP contribution < -0.4 is 0 Å². The zero-order valence-corrected chi connectivity index (χ0v) is 15.6. The largest absolute Gasteiger partial charge is 0.508 e. The summed E-state index contributed by atoms with van der Waals surface area (Å²) >= 11 is 0. The molecule has 0 unspecified atom stereocenters. The molecule has 0 saturated carbocycles. The SMILES string of the molecule is C=Cc1ccc(O)cc1.C=Cc1ccccc1.C=Cc1ccccc1C=C. The van der Waals surface area contributed by atoms with Crippen LogP contribution in [0.1, 0.15) is 22.3 Å². The lowest BCUT2D eigenvalue weighted by molar-refractivity contribution is 0.475. The van der Waals surface area contributed by atoms with E-state index in [1.54, 1.807) is 18.2 Å². The Morgan fingerprint density at radius 1 is 0.481 bits per heavy atom. The molecule has 0 spiro atoms. The number of rotatable bonds is 4. The van der Waals surface area contributed by atoms with E-state index in [4.69, 9.17) is 5.11 Å². The second-order valence-corrected chi connectivity index (χ2v) is 5.45. The molecule has 0 heterocycles. The van der Waals surface area contributed by atoms with Gasteiger partial charge in [-0.2, -0.15) is 0 Å². The Balaban J connectivity index is 0.000000204. The normalized spacial score (nSPS) is 8.74. The third-order valence-electron chi connectivity index (χ3n) is 3.60. The van der Waals surface area contributed by atoms with Crippen molar-refractivity contribution < 1.29 is 5.11 Å². The van der Waals surface area contributed by atoms with E-state index in [2.05, 4.69) is 26.3 Å². The Morgan fingerprint density at radius 3 is 1.26 bits per heavy atom. The lowest BCUT2D eigenvalue weighted by Gasteiger charge is -1.96. The van der Waals surface area contributed by atoms with Gasteiger partial charge in [-0.05, 0) is 34.4 Å². The predicted octanol–water partition coefficient (Wildman–Crippen LogP) is 7.34. The molecule has 3 aromatic rings. The van der Waals surface area contributed by atoms with Crippen LogP contribution in [0, 0.1) is 0 Å². The first kappa shape index (κ1) is 21.5. The number of aromatic hydroxyl groups is 1. The van der Waals surface area contributed by atoms with Gasteiger partial charge in [-0.1, -0.05) is 117 Å². The van der Waals surface area contributed by atoms with E-state index in [0.717, 1.165) is 16.7 Å². The summed E-state index contributed by atoms with van der Waals surface area (Å²) in [4.78, 5) is 0. The van der Waals surface area contributed by atoms with E-state index in [1.165, 1.54) is 5.56 Å². The highest BCUT2D eigenvalue weighted by molar-refractivity contribution is 5.63. The highest BCUT2D eigenvalue weighted by atomic mass is 16.3. The van der Waals surface area contributed by atoms with E-state index < -0.39 is 0 Å². The monoisotopic (exact) mass is 354 g/mol. The third kappa shape index (κ3) is 8.37. The smallest absolute Gasteiger partial charge is 0.115 e. The van der Waals surface area contributed by atoms with Crippen molar-refractivity contribution in [2.45, 2.75) is 0 Å². The van der Waals surface area contributed by atoms with Crippen molar-refractivity contribution in [3.8, 4) is 5.75 Å². The molecule has 0 aromatic heterocycles. The number of phenolic OH excluding ortho intramolecular Hbond substituents is 1. The fraction of sp³-hybridized carbons (Fsp3) is 0. The summed E-state index contributed by atoms with van der Waals surface area (Å²) in [5.41, 5.74) is 4.47. The topological polar surface area (TPSA) is 20.2 Å². The maximum absolute atomic E-state index is 8.82. The van der Waals surface area contributed by atoms with Crippen LogP contribution in [0.2, 0.25) is 0 Å². The van der Waals surface area contributed by atoms with Crippen molar-refractivity contribution in [1.29, 1.82) is 0 Å². The fourth-order valence-electron chi connectivity index (χ4n) is 2.08. The summed E-state index contributed by atoms with van der Waals surface area (Å²) < 4.78 is 0. The van der Waals surface area contributed by atoms with Crippen LogP contribution in [-0.4, -0.2) is 5.11 Å². The Labute approximate surface area is 163 Å². The van der Waals surface area contributed by atoms with Gasteiger partial charge in [0.25, 0.3) is 0 Å². The van der Waals surface area contributed by atoms with Gasteiger partial charge >= 0.3 is 0 Å². The second-order valence-electron chi connectivity index (χ2n) is 5.45. The van der Waals surface area contributed by atoms with Gasteiger partial charge in [0.2, 0.25) is 0 Å². The first-order valence-electron chi connectivity index (χ1n) is 8.57. The molecule has 0 bridgehead atoms. The average Bonchev–Trinajstić information content (AvgIpc) is 2.75. The molecule has 1 nitrogen and oxygen atoms in total. The molecule has 27 heavy (non-hydrogen) atoms. The quantitative estimate of drug-likeness (QED) is 0.520. The van der Waals surface area contributed by atoms with Crippen LogP contribution in [0.4, 0.5) is 0 Å². The van der Waals surface area contributed by atoms with Crippen LogP contribution in [0.3, 0.4) is 0 Å². The molecule has 1 N–H and O–H groups in total. The zero-order chi connectivity index (χ0) is 19.9. The van der Waals surface area contributed by atoms with Crippen molar-refractivity contribution in [3.63, 3.8) is 0 Å². The number of hydrogen-bond acceptors (Lipinski definition) is 1. The van der Waals surface area contributed by atoms with Crippen LogP contribution in [0.5, 0.6) is 5.75 Å². The van der Waals surface area contributed by atoms with E-state index in [9.17, 15) is 0 Å². The summed E-state index contributed by atoms with van der Waals surface area (Å²) in [6, 6.07) is 24.9. The van der Waals surface area contributed by atoms with Crippen molar-refractivity contribution in [2.75, 3.05) is 0 Å². The summed E-state index contributed by atoms with van der Waals surface area (Å²) in [5.74, 6) is 0.292. The molecule has 0 aliphatic carbocycles. The minimum Gasteiger partial charge on any atom is -0.508 e. The first-order valence-corrected chi connectivity index (χ1v) is 8.57. The van der Waals surface area contributed by atoms with Gasteiger partial charge in [0, 0.05) is 0 Å². The summed E-state index contributed by atoms with van der Waals surface area (Å²) in [5, 5.41) is 8.82. The fourth-order valence-corrected chi connectivity index (χ4v) is 2.08. The first-order chi connectivity index (χ1) is 13.1. The molecular formula is C26H26O. The molecule has 0 atom stereocenters. The van der Waals surface area contributed by atoms with Crippen LogP contribution in [0.25, 0.3) is 24.3 Å². The lowest BCUT2D eigenvalue weighted by Crippen LogP contribution is -1.76. The van der Waals surface area contributed by atoms with Gasteiger partial charge in [0.1, 0.15) is 5.75 Å². The molecule has 136 valence electrons. The predicted molar refractivity (Wildman–Crippen MR) is 121 cm³/mol. The Hall–Kier alpha value is -3.58. The maximum atomic E-state index is 8.82. The van der Waals surface area contributed by atoms with E-state index in [0.29, 0.717) is 5.75 Å². The average molecular weight is 354 g/mol. The Bertz CT molecular complexity index is 816. The third-order valence-corrected chi connectivity index (χ3v) is 3.60. The van der Waals surface area contributed by atoms with Crippen LogP contribution in [0.15, 0.2) is 105 Å². The molecule has 1 heteroatoms. The minimum absolute atomic E-state index is 0.292. The number of phenols is 1. The summed E-state index contributed by atoms with van der Waals surface area (Å²) in [6.45, 7) is 14.6. The molecule has 0 amide bonds. The maximum Gasteiger partial charge on any atom is 0.115 e. The summed E-state index contributed by atoms with van der Waals surface area (Å²) in [6.07, 6.45) is 7.23. The Morgan fingerprint density at radius 2 is 0.889 bits per heavy atom. The van der Waals surface area contributed by atoms with Crippen molar-refractivity contribution in [1.82, 2.24) is 0 Å². The molecular weight excluding hydrogens is 328 g/mol. The van der Waals surface area contributed by atoms with Gasteiger partial charge in [-0.25, -0.2) is 0 Å². The standard InChI is InChI=1S/C10H10.C8H8O.C8H8/c1-3-9-7-5-6-8-10(9)4-2;1-2-7-3-5-8(9)6-4-7;1-2-8-6-4-3-5-7-8/h3-8H,1-2H2;2-6,9H,1H2;2-7H,1H2. The van der Waals surface area contributed by atoms with Gasteiger partial charge in [-0.3, -0.25) is 0 Å². The van der Waals surface area contributed by atoms with Gasteiger partial charge in [-0.15, -0.1) is 0 Å². The van der Waals surface area contributed by atoms with E-state index in [-0.39, 0.29) is 0 Å². The zero-order valence-electron chi connectivity index (χ0n) is 15.6. The van der Waals surface area contributed by atoms with Gasteiger partial charge in [0.15, 0.2) is 0 Å². The van der Waals surface area contributed by atoms with Crippen LogP contribution >= 0.6 is 0 Å². The molecule has 0 aliphatic heterocycles. The second kappa shape index (κ2) is 12.7. The number of benzene rings is 3. The minimum atomic E-state index is 0.292. The van der Waals surface area contributed by atoms with Crippen molar-refractivity contribution in [2.24, 2.45) is 0 Å². The van der Waals surface area contributed by atoms with Gasteiger partial charge in [0.05, 0.1) is 0 Å². The van der Waals surface area contributed by atoms with Crippen LogP contribution in [-0.2, 0) is 0 Å². The molecule has 0 fully saturated rings. The van der Waals surface area contributed by atoms with Crippen molar-refractivity contribution in [3.05, 3.63) is 127 Å². The molecule has 0 saturated heterocycles. The molecule has 3 aromatic carbocycles. The van der Waals surface area contributed by atoms with Gasteiger partial charge < -0.3 is 5.11 Å². The highest BCUT2D eigenvalue weighted by Crippen LogP contribution is 2.10. The van der Waals surface area contributed by atoms with E-state index in [1.807, 2.05) is 85.0 Å². The lowest BCUT2D eigenvalue weighted by atomic mass is 10.1. The molecule has 0 aliphatic rings.